The van der Waals surface area contributed by atoms with Crippen LogP contribution in [-0.4, -0.2) is 48.9 Å². The van der Waals surface area contributed by atoms with Gasteiger partial charge in [-0.25, -0.2) is 0 Å². The molecule has 2 amide bonds. The van der Waals surface area contributed by atoms with Crippen molar-refractivity contribution in [2.75, 3.05) is 26.7 Å². The summed E-state index contributed by atoms with van der Waals surface area (Å²) in [5.41, 5.74) is -0.532. The average Bonchev–Trinajstić information content (AvgIpc) is 2.46. The Bertz CT molecular complexity index is 334. The Balaban J connectivity index is 2.40. The predicted molar refractivity (Wildman–Crippen MR) is 80.4 cm³/mol. The van der Waals surface area contributed by atoms with E-state index in [0.717, 1.165) is 32.2 Å². The molecule has 0 bridgehead atoms. The Kier molecular flexibility index (Phi) is 6.46. The molecule has 1 aliphatic heterocycles. The zero-order chi connectivity index (χ0) is 15.2. The van der Waals surface area contributed by atoms with Gasteiger partial charge in [-0.1, -0.05) is 13.3 Å². The molecule has 1 fully saturated rings. The minimum atomic E-state index is -0.532. The van der Waals surface area contributed by atoms with E-state index in [2.05, 4.69) is 17.6 Å². The maximum atomic E-state index is 12.3. The third-order valence-electron chi connectivity index (χ3n) is 4.14. The van der Waals surface area contributed by atoms with Crippen molar-refractivity contribution in [1.82, 2.24) is 15.5 Å². The zero-order valence-corrected chi connectivity index (χ0v) is 13.3. The first-order valence-electron chi connectivity index (χ1n) is 7.68. The quantitative estimate of drug-likeness (QED) is 0.719. The van der Waals surface area contributed by atoms with Crippen LogP contribution < -0.4 is 10.6 Å². The first-order chi connectivity index (χ1) is 9.42. The Labute approximate surface area is 122 Å². The molecule has 0 unspecified atom stereocenters. The lowest BCUT2D eigenvalue weighted by atomic mass is 9.94. The van der Waals surface area contributed by atoms with E-state index in [1.807, 2.05) is 18.7 Å². The molecule has 5 nitrogen and oxygen atoms in total. The summed E-state index contributed by atoms with van der Waals surface area (Å²) in [6.45, 7) is 8.00. The van der Waals surface area contributed by atoms with Gasteiger partial charge in [-0.3, -0.25) is 9.59 Å². The van der Waals surface area contributed by atoms with Crippen LogP contribution in [0.4, 0.5) is 0 Å². The summed E-state index contributed by atoms with van der Waals surface area (Å²) in [4.78, 5) is 26.1. The third kappa shape index (κ3) is 4.47. The van der Waals surface area contributed by atoms with Crippen LogP contribution in [0.15, 0.2) is 0 Å². The first kappa shape index (κ1) is 17.0. The molecule has 0 aliphatic carbocycles. The fourth-order valence-electron chi connectivity index (χ4n) is 2.38. The molecular weight excluding hydrogens is 254 g/mol. The van der Waals surface area contributed by atoms with Gasteiger partial charge in [-0.05, 0) is 40.2 Å². The minimum absolute atomic E-state index is 0.0635. The highest BCUT2D eigenvalue weighted by atomic mass is 16.2. The van der Waals surface area contributed by atoms with Crippen molar-refractivity contribution >= 4 is 11.8 Å². The molecule has 1 rings (SSSR count). The number of piperidine rings is 1. The third-order valence-corrected chi connectivity index (χ3v) is 4.14. The van der Waals surface area contributed by atoms with Crippen molar-refractivity contribution in [2.24, 2.45) is 5.92 Å². The standard InChI is InChI=1S/C15H29N3O2/c1-5-6-9-17-13(19)12-7-10-18(11-8-12)14(20)15(2,3)16-4/h12,16H,5-11H2,1-4H3,(H,17,19). The topological polar surface area (TPSA) is 61.4 Å². The molecule has 5 heteroatoms. The van der Waals surface area contributed by atoms with Crippen molar-refractivity contribution in [1.29, 1.82) is 0 Å². The van der Waals surface area contributed by atoms with Gasteiger partial charge in [0.05, 0.1) is 5.54 Å². The lowest BCUT2D eigenvalue weighted by Crippen LogP contribution is -2.55. The number of nitrogens with one attached hydrogen (secondary N) is 2. The molecule has 1 saturated heterocycles. The van der Waals surface area contributed by atoms with Crippen LogP contribution in [0, 0.1) is 5.92 Å². The summed E-state index contributed by atoms with van der Waals surface area (Å²) in [5, 5.41) is 6.02. The molecule has 1 aliphatic rings. The molecule has 0 atom stereocenters. The summed E-state index contributed by atoms with van der Waals surface area (Å²) < 4.78 is 0. The van der Waals surface area contributed by atoms with Gasteiger partial charge in [-0.15, -0.1) is 0 Å². The number of unbranched alkanes of at least 4 members (excludes halogenated alkanes) is 1. The molecule has 0 aromatic carbocycles. The summed E-state index contributed by atoms with van der Waals surface area (Å²) in [6.07, 6.45) is 3.65. The number of amides is 2. The van der Waals surface area contributed by atoms with E-state index in [9.17, 15) is 9.59 Å². The van der Waals surface area contributed by atoms with E-state index in [1.54, 1.807) is 7.05 Å². The highest BCUT2D eigenvalue weighted by molar-refractivity contribution is 5.86. The van der Waals surface area contributed by atoms with Gasteiger partial charge in [0.15, 0.2) is 0 Å². The lowest BCUT2D eigenvalue weighted by Gasteiger charge is -2.36. The largest absolute Gasteiger partial charge is 0.356 e. The highest BCUT2D eigenvalue weighted by Crippen LogP contribution is 2.20. The summed E-state index contributed by atoms with van der Waals surface area (Å²) >= 11 is 0. The Hall–Kier alpha value is -1.10. The summed E-state index contributed by atoms with van der Waals surface area (Å²) in [6, 6.07) is 0. The zero-order valence-electron chi connectivity index (χ0n) is 13.3. The fourth-order valence-corrected chi connectivity index (χ4v) is 2.38. The Morgan fingerprint density at radius 3 is 2.35 bits per heavy atom. The molecule has 0 saturated carbocycles. The van der Waals surface area contributed by atoms with Gasteiger partial charge < -0.3 is 15.5 Å². The van der Waals surface area contributed by atoms with E-state index < -0.39 is 5.54 Å². The molecule has 20 heavy (non-hydrogen) atoms. The summed E-state index contributed by atoms with van der Waals surface area (Å²) in [5.74, 6) is 0.330. The van der Waals surface area contributed by atoms with Crippen LogP contribution in [0.3, 0.4) is 0 Å². The van der Waals surface area contributed by atoms with Crippen molar-refractivity contribution < 1.29 is 9.59 Å². The lowest BCUT2D eigenvalue weighted by molar-refractivity contribution is -0.140. The van der Waals surface area contributed by atoms with Crippen LogP contribution >= 0.6 is 0 Å². The number of rotatable bonds is 6. The van der Waals surface area contributed by atoms with E-state index in [-0.39, 0.29) is 17.7 Å². The molecule has 116 valence electrons. The number of likely N-dealkylation sites (tertiary alicyclic amines) is 1. The van der Waals surface area contributed by atoms with Gasteiger partial charge in [0.1, 0.15) is 0 Å². The summed E-state index contributed by atoms with van der Waals surface area (Å²) in [7, 11) is 1.80. The van der Waals surface area contributed by atoms with Gasteiger partial charge in [0.25, 0.3) is 0 Å². The van der Waals surface area contributed by atoms with E-state index in [0.29, 0.717) is 13.1 Å². The molecule has 0 aromatic heterocycles. The minimum Gasteiger partial charge on any atom is -0.356 e. The first-order valence-corrected chi connectivity index (χ1v) is 7.68. The molecular formula is C15H29N3O2. The molecule has 1 heterocycles. The maximum absolute atomic E-state index is 12.3. The van der Waals surface area contributed by atoms with Crippen molar-refractivity contribution in [3.8, 4) is 0 Å². The van der Waals surface area contributed by atoms with Gasteiger partial charge in [0.2, 0.25) is 11.8 Å². The normalized spacial score (nSPS) is 17.1. The number of hydrogen-bond donors (Lipinski definition) is 2. The number of likely N-dealkylation sites (N-methyl/N-ethyl adjacent to an activating group) is 1. The number of nitrogens with zero attached hydrogens (tertiary/aromatic N) is 1. The maximum Gasteiger partial charge on any atom is 0.242 e. The second-order valence-corrected chi connectivity index (χ2v) is 6.09. The van der Waals surface area contributed by atoms with Gasteiger partial charge in [-0.2, -0.15) is 0 Å². The Morgan fingerprint density at radius 2 is 1.85 bits per heavy atom. The van der Waals surface area contributed by atoms with E-state index >= 15 is 0 Å². The second-order valence-electron chi connectivity index (χ2n) is 6.09. The highest BCUT2D eigenvalue weighted by Gasteiger charge is 2.34. The van der Waals surface area contributed by atoms with Gasteiger partial charge >= 0.3 is 0 Å². The molecule has 0 aromatic rings. The monoisotopic (exact) mass is 283 g/mol. The van der Waals surface area contributed by atoms with Crippen molar-refractivity contribution in [3.63, 3.8) is 0 Å². The number of hydrogen-bond acceptors (Lipinski definition) is 3. The molecule has 0 spiro atoms. The van der Waals surface area contributed by atoms with Crippen LogP contribution in [0.5, 0.6) is 0 Å². The van der Waals surface area contributed by atoms with Gasteiger partial charge in [0, 0.05) is 25.6 Å². The van der Waals surface area contributed by atoms with E-state index in [4.69, 9.17) is 0 Å². The SMILES string of the molecule is CCCCNC(=O)C1CCN(C(=O)C(C)(C)NC)CC1. The van der Waals surface area contributed by atoms with E-state index in [1.165, 1.54) is 0 Å². The van der Waals surface area contributed by atoms with Crippen molar-refractivity contribution in [3.05, 3.63) is 0 Å². The molecule has 0 radical (unpaired) electrons. The average molecular weight is 283 g/mol. The van der Waals surface area contributed by atoms with Crippen LogP contribution in [0.2, 0.25) is 0 Å². The predicted octanol–water partition coefficient (Wildman–Crippen LogP) is 1.14. The van der Waals surface area contributed by atoms with Crippen LogP contribution in [-0.2, 0) is 9.59 Å². The number of carbonyl (C=O) groups is 2. The Morgan fingerprint density at radius 1 is 1.25 bits per heavy atom. The number of carbonyl (C=O) groups excluding carboxylic acids is 2. The second kappa shape index (κ2) is 7.62. The smallest absolute Gasteiger partial charge is 0.242 e. The fraction of sp³-hybridized carbons (Fsp3) is 0.867. The van der Waals surface area contributed by atoms with Crippen LogP contribution in [0.25, 0.3) is 0 Å². The molecule has 2 N–H and O–H groups in total. The van der Waals surface area contributed by atoms with Crippen LogP contribution in [0.1, 0.15) is 46.5 Å². The van der Waals surface area contributed by atoms with Crippen molar-refractivity contribution in [2.45, 2.75) is 52.0 Å².